The van der Waals surface area contributed by atoms with Gasteiger partial charge in [-0.2, -0.15) is 0 Å². The number of amides is 1. The lowest BCUT2D eigenvalue weighted by Crippen LogP contribution is -2.21. The van der Waals surface area contributed by atoms with Crippen LogP contribution in [0.2, 0.25) is 5.15 Å². The molecule has 17 heavy (non-hydrogen) atoms. The maximum absolute atomic E-state index is 11.0. The summed E-state index contributed by atoms with van der Waals surface area (Å²) < 4.78 is 0. The minimum atomic E-state index is -0.0123. The van der Waals surface area contributed by atoms with Crippen LogP contribution in [0.3, 0.4) is 0 Å². The first-order chi connectivity index (χ1) is 8.02. The molecule has 1 aromatic rings. The highest BCUT2D eigenvalue weighted by Gasteiger charge is 2.07. The Bertz CT molecular complexity index is 395. The molecule has 0 fully saturated rings. The lowest BCUT2D eigenvalue weighted by Gasteiger charge is -2.09. The molecular formula is C11H17ClN4O. The zero-order chi connectivity index (χ0) is 12.8. The van der Waals surface area contributed by atoms with Crippen molar-refractivity contribution in [2.45, 2.75) is 26.2 Å². The van der Waals surface area contributed by atoms with E-state index in [9.17, 15) is 4.79 Å². The van der Waals surface area contributed by atoms with Crippen LogP contribution in [-0.4, -0.2) is 29.5 Å². The molecule has 1 rings (SSSR count). The Balaban J connectivity index is 2.62. The van der Waals surface area contributed by atoms with Crippen LogP contribution < -0.4 is 10.6 Å². The van der Waals surface area contributed by atoms with Gasteiger partial charge in [0.05, 0.1) is 0 Å². The molecule has 6 heteroatoms. The van der Waals surface area contributed by atoms with Crippen molar-refractivity contribution in [3.05, 3.63) is 17.0 Å². The van der Waals surface area contributed by atoms with Gasteiger partial charge in [0.25, 0.3) is 0 Å². The Morgan fingerprint density at radius 3 is 2.76 bits per heavy atom. The predicted octanol–water partition coefficient (Wildman–Crippen LogP) is 1.80. The number of carbonyl (C=O) groups is 1. The number of nitrogens with zero attached hydrogens (tertiary/aromatic N) is 2. The van der Waals surface area contributed by atoms with Gasteiger partial charge in [0.1, 0.15) is 16.8 Å². The molecule has 0 atom stereocenters. The van der Waals surface area contributed by atoms with E-state index in [1.807, 2.05) is 13.8 Å². The number of aromatic nitrogens is 2. The molecule has 1 aromatic heterocycles. The Hall–Kier alpha value is -1.36. The fourth-order valence-electron chi connectivity index (χ4n) is 1.21. The number of nitrogens with one attached hydrogen (secondary N) is 2. The zero-order valence-corrected chi connectivity index (χ0v) is 11.0. The van der Waals surface area contributed by atoms with E-state index in [1.54, 1.807) is 13.1 Å². The summed E-state index contributed by atoms with van der Waals surface area (Å²) in [4.78, 5) is 19.5. The van der Waals surface area contributed by atoms with Gasteiger partial charge in [-0.1, -0.05) is 25.4 Å². The van der Waals surface area contributed by atoms with Crippen molar-refractivity contribution in [2.75, 3.05) is 18.9 Å². The molecule has 0 unspecified atom stereocenters. The molecule has 0 aliphatic carbocycles. The predicted molar refractivity (Wildman–Crippen MR) is 68.3 cm³/mol. The van der Waals surface area contributed by atoms with Gasteiger partial charge in [0.15, 0.2) is 0 Å². The van der Waals surface area contributed by atoms with Crippen LogP contribution in [0.1, 0.15) is 32.0 Å². The molecule has 0 bridgehead atoms. The molecule has 5 nitrogen and oxygen atoms in total. The summed E-state index contributed by atoms with van der Waals surface area (Å²) in [6.07, 6.45) is 0.398. The molecule has 0 saturated heterocycles. The molecule has 94 valence electrons. The van der Waals surface area contributed by atoms with Crippen LogP contribution in [0.25, 0.3) is 0 Å². The van der Waals surface area contributed by atoms with E-state index in [2.05, 4.69) is 20.6 Å². The summed E-state index contributed by atoms with van der Waals surface area (Å²) in [5, 5.41) is 6.01. The van der Waals surface area contributed by atoms with Crippen LogP contribution in [0.5, 0.6) is 0 Å². The smallest absolute Gasteiger partial charge is 0.221 e. The van der Waals surface area contributed by atoms with Crippen LogP contribution in [0, 0.1) is 0 Å². The van der Waals surface area contributed by atoms with E-state index in [-0.39, 0.29) is 11.8 Å². The Kier molecular flexibility index (Phi) is 5.15. The Morgan fingerprint density at radius 1 is 1.47 bits per heavy atom. The van der Waals surface area contributed by atoms with E-state index in [0.29, 0.717) is 29.8 Å². The number of carbonyl (C=O) groups excluding carboxylic acids is 1. The molecule has 0 aliphatic rings. The molecule has 0 radical (unpaired) electrons. The van der Waals surface area contributed by atoms with Crippen LogP contribution in [0.4, 0.5) is 5.82 Å². The monoisotopic (exact) mass is 256 g/mol. The maximum atomic E-state index is 11.0. The van der Waals surface area contributed by atoms with E-state index in [0.717, 1.165) is 0 Å². The number of anilines is 1. The number of hydrogen-bond acceptors (Lipinski definition) is 4. The zero-order valence-electron chi connectivity index (χ0n) is 10.2. The molecule has 2 N–H and O–H groups in total. The summed E-state index contributed by atoms with van der Waals surface area (Å²) in [6, 6.07) is 1.65. The first-order valence-corrected chi connectivity index (χ1v) is 5.89. The fourth-order valence-corrected chi connectivity index (χ4v) is 1.40. The second kappa shape index (κ2) is 6.39. The van der Waals surface area contributed by atoms with Crippen molar-refractivity contribution in [1.29, 1.82) is 0 Å². The summed E-state index contributed by atoms with van der Waals surface area (Å²) in [6.45, 7) is 4.52. The molecule has 1 amide bonds. The van der Waals surface area contributed by atoms with Crippen molar-refractivity contribution < 1.29 is 4.79 Å². The largest absolute Gasteiger partial charge is 0.369 e. The van der Waals surface area contributed by atoms with E-state index in [4.69, 9.17) is 11.6 Å². The standard InChI is InChI=1S/C11H17ClN4O/c1-7(2)11-15-8(12)6-9(16-11)14-5-4-10(17)13-3/h6-7H,4-5H2,1-3H3,(H,13,17)(H,14,15,16). The number of hydrogen-bond donors (Lipinski definition) is 2. The number of halogens is 1. The summed E-state index contributed by atoms with van der Waals surface area (Å²) >= 11 is 5.89. The summed E-state index contributed by atoms with van der Waals surface area (Å²) in [7, 11) is 1.61. The number of rotatable bonds is 5. The summed E-state index contributed by atoms with van der Waals surface area (Å²) in [5.41, 5.74) is 0. The molecule has 1 heterocycles. The van der Waals surface area contributed by atoms with Crippen molar-refractivity contribution in [3.63, 3.8) is 0 Å². The molecule has 0 aliphatic heterocycles. The van der Waals surface area contributed by atoms with Gasteiger partial charge in [-0.25, -0.2) is 9.97 Å². The molecule has 0 aromatic carbocycles. The van der Waals surface area contributed by atoms with Gasteiger partial charge in [0, 0.05) is 32.0 Å². The van der Waals surface area contributed by atoms with Crippen molar-refractivity contribution in [1.82, 2.24) is 15.3 Å². The van der Waals surface area contributed by atoms with Crippen LogP contribution in [-0.2, 0) is 4.79 Å². The van der Waals surface area contributed by atoms with Crippen molar-refractivity contribution >= 4 is 23.3 Å². The highest BCUT2D eigenvalue weighted by atomic mass is 35.5. The third-order valence-corrected chi connectivity index (χ3v) is 2.36. The lowest BCUT2D eigenvalue weighted by atomic mass is 10.2. The SMILES string of the molecule is CNC(=O)CCNc1cc(Cl)nc(C(C)C)n1. The minimum absolute atomic E-state index is 0.0123. The van der Waals surface area contributed by atoms with Gasteiger partial charge in [-0.3, -0.25) is 4.79 Å². The minimum Gasteiger partial charge on any atom is -0.369 e. The Labute approximate surface area is 106 Å². The lowest BCUT2D eigenvalue weighted by molar-refractivity contribution is -0.120. The Morgan fingerprint density at radius 2 is 2.18 bits per heavy atom. The highest BCUT2D eigenvalue weighted by Crippen LogP contribution is 2.16. The first-order valence-electron chi connectivity index (χ1n) is 5.52. The topological polar surface area (TPSA) is 66.9 Å². The highest BCUT2D eigenvalue weighted by molar-refractivity contribution is 6.29. The maximum Gasteiger partial charge on any atom is 0.221 e. The molecular weight excluding hydrogens is 240 g/mol. The van der Waals surface area contributed by atoms with Gasteiger partial charge in [0.2, 0.25) is 5.91 Å². The van der Waals surface area contributed by atoms with Crippen LogP contribution >= 0.6 is 11.6 Å². The van der Waals surface area contributed by atoms with E-state index < -0.39 is 0 Å². The van der Waals surface area contributed by atoms with Crippen molar-refractivity contribution in [2.24, 2.45) is 0 Å². The fraction of sp³-hybridized carbons (Fsp3) is 0.545. The van der Waals surface area contributed by atoms with Crippen LogP contribution in [0.15, 0.2) is 6.07 Å². The average molecular weight is 257 g/mol. The summed E-state index contributed by atoms with van der Waals surface area (Å²) in [5.74, 6) is 1.55. The average Bonchev–Trinajstić information content (AvgIpc) is 2.28. The van der Waals surface area contributed by atoms with Gasteiger partial charge >= 0.3 is 0 Å². The second-order valence-electron chi connectivity index (χ2n) is 3.94. The van der Waals surface area contributed by atoms with E-state index >= 15 is 0 Å². The van der Waals surface area contributed by atoms with Crippen molar-refractivity contribution in [3.8, 4) is 0 Å². The quantitative estimate of drug-likeness (QED) is 0.789. The van der Waals surface area contributed by atoms with Gasteiger partial charge in [-0.05, 0) is 0 Å². The molecule has 0 spiro atoms. The van der Waals surface area contributed by atoms with E-state index in [1.165, 1.54) is 0 Å². The van der Waals surface area contributed by atoms with Gasteiger partial charge in [-0.15, -0.1) is 0 Å². The third-order valence-electron chi connectivity index (χ3n) is 2.17. The third kappa shape index (κ3) is 4.56. The first kappa shape index (κ1) is 13.7. The van der Waals surface area contributed by atoms with Gasteiger partial charge < -0.3 is 10.6 Å². The molecule has 0 saturated carbocycles. The normalized spacial score (nSPS) is 10.4. The second-order valence-corrected chi connectivity index (χ2v) is 4.33.